The lowest BCUT2D eigenvalue weighted by atomic mass is 10.00. The predicted molar refractivity (Wildman–Crippen MR) is 68.4 cm³/mol. The lowest BCUT2D eigenvalue weighted by molar-refractivity contribution is -0.116. The van der Waals surface area contributed by atoms with Crippen molar-refractivity contribution >= 4 is 12.2 Å². The third-order valence-corrected chi connectivity index (χ3v) is 2.77. The van der Waals surface area contributed by atoms with Crippen LogP contribution in [0.2, 0.25) is 0 Å². The lowest BCUT2D eigenvalue weighted by Gasteiger charge is -2.27. The molecule has 1 atom stereocenters. The van der Waals surface area contributed by atoms with Gasteiger partial charge in [-0.05, 0) is 25.0 Å². The summed E-state index contributed by atoms with van der Waals surface area (Å²) in [6.45, 7) is 4.28. The van der Waals surface area contributed by atoms with Crippen LogP contribution in [-0.2, 0) is 14.3 Å². The minimum Gasteiger partial charge on any atom is -0.366 e. The summed E-state index contributed by atoms with van der Waals surface area (Å²) in [4.78, 5) is 21.6. The van der Waals surface area contributed by atoms with Crippen LogP contribution in [-0.4, -0.2) is 25.0 Å². The van der Waals surface area contributed by atoms with Crippen LogP contribution in [0.4, 0.5) is 0 Å². The first-order valence-corrected chi connectivity index (χ1v) is 6.13. The fourth-order valence-corrected chi connectivity index (χ4v) is 1.83. The molecule has 0 radical (unpaired) electrons. The zero-order chi connectivity index (χ0) is 13.5. The smallest absolute Gasteiger partial charge is 0.249 e. The molecule has 1 aliphatic heterocycles. The van der Waals surface area contributed by atoms with Gasteiger partial charge in [0, 0.05) is 12.1 Å². The topological polar surface area (TPSA) is 81.4 Å². The molecule has 0 aliphatic carbocycles. The number of carbonyl (C=O) groups excluding carboxylic acids is 2. The Labute approximate surface area is 107 Å². The third kappa shape index (κ3) is 3.70. The summed E-state index contributed by atoms with van der Waals surface area (Å²) in [6, 6.07) is 0. The van der Waals surface area contributed by atoms with E-state index in [2.05, 4.69) is 12.2 Å². The fourth-order valence-electron chi connectivity index (χ4n) is 1.83. The number of aldehydes is 1. The van der Waals surface area contributed by atoms with Gasteiger partial charge in [-0.15, -0.1) is 0 Å². The van der Waals surface area contributed by atoms with Gasteiger partial charge in [0.15, 0.2) is 6.23 Å². The largest absolute Gasteiger partial charge is 0.366 e. The fraction of sp³-hybridized carbons (Fsp3) is 0.538. The van der Waals surface area contributed by atoms with Gasteiger partial charge in [0.1, 0.15) is 6.29 Å². The number of allylic oxidation sites excluding steroid dienone is 3. The molecule has 0 aromatic rings. The Morgan fingerprint density at radius 2 is 2.33 bits per heavy atom. The number of amides is 1. The number of dihydropyridines is 1. The number of hydrogen-bond acceptors (Lipinski definition) is 4. The van der Waals surface area contributed by atoms with Crippen LogP contribution in [0.25, 0.3) is 0 Å². The second-order valence-electron chi connectivity index (χ2n) is 4.21. The second kappa shape index (κ2) is 6.96. The normalized spacial score (nSPS) is 19.2. The van der Waals surface area contributed by atoms with E-state index in [0.29, 0.717) is 12.0 Å². The number of nitrogens with one attached hydrogen (secondary N) is 1. The standard InChI is InChI=1S/C13H20N2O3/c1-3-5-10-8-11(12(14)17)13(15-9(10)2)18-7-4-6-16/h6,8,13,15H,3-5,7H2,1-2H3,(H2,14,17)/t13-/m0/s1. The van der Waals surface area contributed by atoms with Crippen molar-refractivity contribution in [1.82, 2.24) is 5.32 Å². The van der Waals surface area contributed by atoms with Crippen molar-refractivity contribution in [3.63, 3.8) is 0 Å². The molecule has 1 aliphatic rings. The minimum absolute atomic E-state index is 0.266. The Kier molecular flexibility index (Phi) is 5.58. The van der Waals surface area contributed by atoms with E-state index < -0.39 is 12.1 Å². The average Bonchev–Trinajstić information content (AvgIpc) is 2.32. The van der Waals surface area contributed by atoms with Crippen LogP contribution in [0, 0.1) is 0 Å². The van der Waals surface area contributed by atoms with E-state index in [0.717, 1.165) is 30.4 Å². The maximum Gasteiger partial charge on any atom is 0.249 e. The van der Waals surface area contributed by atoms with Crippen LogP contribution in [0.3, 0.4) is 0 Å². The average molecular weight is 252 g/mol. The first kappa shape index (κ1) is 14.4. The highest BCUT2D eigenvalue weighted by atomic mass is 16.5. The number of rotatable bonds is 7. The van der Waals surface area contributed by atoms with Gasteiger partial charge >= 0.3 is 0 Å². The van der Waals surface area contributed by atoms with E-state index in [9.17, 15) is 9.59 Å². The first-order chi connectivity index (χ1) is 8.60. The molecule has 0 unspecified atom stereocenters. The minimum atomic E-state index is -0.553. The zero-order valence-corrected chi connectivity index (χ0v) is 10.9. The SMILES string of the molecule is CCCC1=C(C)N[C@@H](OCCC=O)C(C(N)=O)=C1. The van der Waals surface area contributed by atoms with E-state index in [1.165, 1.54) is 0 Å². The summed E-state index contributed by atoms with van der Waals surface area (Å²) in [5.41, 5.74) is 7.81. The summed E-state index contributed by atoms with van der Waals surface area (Å²) in [5.74, 6) is -0.500. The van der Waals surface area contributed by atoms with E-state index in [4.69, 9.17) is 10.5 Å². The number of carbonyl (C=O) groups is 2. The second-order valence-corrected chi connectivity index (χ2v) is 4.21. The van der Waals surface area contributed by atoms with Crippen molar-refractivity contribution < 1.29 is 14.3 Å². The van der Waals surface area contributed by atoms with Crippen LogP contribution < -0.4 is 11.1 Å². The third-order valence-electron chi connectivity index (χ3n) is 2.77. The van der Waals surface area contributed by atoms with Gasteiger partial charge in [-0.25, -0.2) is 0 Å². The number of hydrogen-bond donors (Lipinski definition) is 2. The van der Waals surface area contributed by atoms with Gasteiger partial charge in [-0.1, -0.05) is 13.3 Å². The summed E-state index contributed by atoms with van der Waals surface area (Å²) in [7, 11) is 0. The molecule has 0 saturated carbocycles. The molecule has 1 amide bonds. The van der Waals surface area contributed by atoms with Gasteiger partial charge < -0.3 is 20.6 Å². The Hall–Kier alpha value is -1.62. The molecule has 5 heteroatoms. The van der Waals surface area contributed by atoms with Gasteiger partial charge in [-0.2, -0.15) is 0 Å². The number of ether oxygens (including phenoxy) is 1. The van der Waals surface area contributed by atoms with Crippen molar-refractivity contribution in [2.75, 3.05) is 6.61 Å². The Balaban J connectivity index is 2.81. The summed E-state index contributed by atoms with van der Waals surface area (Å²) in [5, 5.41) is 3.11. The van der Waals surface area contributed by atoms with Gasteiger partial charge in [0.2, 0.25) is 5.91 Å². The van der Waals surface area contributed by atoms with Crippen molar-refractivity contribution in [1.29, 1.82) is 0 Å². The first-order valence-electron chi connectivity index (χ1n) is 6.13. The monoisotopic (exact) mass is 252 g/mol. The summed E-state index contributed by atoms with van der Waals surface area (Å²) >= 11 is 0. The molecule has 0 fully saturated rings. The van der Waals surface area contributed by atoms with E-state index in [1.807, 2.05) is 6.92 Å². The highest BCUT2D eigenvalue weighted by Crippen LogP contribution is 2.21. The number of nitrogens with two attached hydrogens (primary N) is 1. The molecule has 0 aromatic carbocycles. The maximum absolute atomic E-state index is 11.4. The highest BCUT2D eigenvalue weighted by molar-refractivity contribution is 5.93. The Bertz CT molecular complexity index is 386. The molecule has 0 saturated heterocycles. The molecule has 1 heterocycles. The molecular formula is C13H20N2O3. The molecule has 0 aromatic heterocycles. The molecule has 0 bridgehead atoms. The molecule has 100 valence electrons. The van der Waals surface area contributed by atoms with Crippen LogP contribution in [0.5, 0.6) is 0 Å². The van der Waals surface area contributed by atoms with Crippen molar-refractivity contribution in [2.45, 2.75) is 39.3 Å². The Morgan fingerprint density at radius 1 is 1.61 bits per heavy atom. The van der Waals surface area contributed by atoms with E-state index >= 15 is 0 Å². The molecule has 18 heavy (non-hydrogen) atoms. The van der Waals surface area contributed by atoms with E-state index in [1.54, 1.807) is 6.08 Å². The van der Waals surface area contributed by atoms with E-state index in [-0.39, 0.29) is 6.61 Å². The Morgan fingerprint density at radius 3 is 2.89 bits per heavy atom. The lowest BCUT2D eigenvalue weighted by Crippen LogP contribution is -2.40. The quantitative estimate of drug-likeness (QED) is 0.523. The predicted octanol–water partition coefficient (Wildman–Crippen LogP) is 1.01. The summed E-state index contributed by atoms with van der Waals surface area (Å²) < 4.78 is 5.45. The maximum atomic E-state index is 11.4. The number of primary amides is 1. The van der Waals surface area contributed by atoms with Crippen molar-refractivity contribution in [3.05, 3.63) is 22.9 Å². The molecule has 0 spiro atoms. The molecular weight excluding hydrogens is 232 g/mol. The molecule has 3 N–H and O–H groups in total. The van der Waals surface area contributed by atoms with Crippen molar-refractivity contribution in [2.24, 2.45) is 5.73 Å². The van der Waals surface area contributed by atoms with Crippen LogP contribution in [0.15, 0.2) is 22.9 Å². The van der Waals surface area contributed by atoms with Crippen LogP contribution >= 0.6 is 0 Å². The highest BCUT2D eigenvalue weighted by Gasteiger charge is 2.24. The van der Waals surface area contributed by atoms with Crippen LogP contribution in [0.1, 0.15) is 33.1 Å². The molecule has 1 rings (SSSR count). The zero-order valence-electron chi connectivity index (χ0n) is 10.9. The molecule has 5 nitrogen and oxygen atoms in total. The van der Waals surface area contributed by atoms with Gasteiger partial charge in [-0.3, -0.25) is 4.79 Å². The summed E-state index contributed by atoms with van der Waals surface area (Å²) in [6.07, 6.45) is 4.20. The van der Waals surface area contributed by atoms with Gasteiger partial charge in [0.05, 0.1) is 12.2 Å². The van der Waals surface area contributed by atoms with Gasteiger partial charge in [0.25, 0.3) is 0 Å². The van der Waals surface area contributed by atoms with Crippen molar-refractivity contribution in [3.8, 4) is 0 Å².